The quantitative estimate of drug-likeness (QED) is 0.535. The Labute approximate surface area is 94.8 Å². The van der Waals surface area contributed by atoms with Crippen molar-refractivity contribution in [2.45, 2.75) is 19.4 Å². The first-order valence-electron chi connectivity index (χ1n) is 5.24. The fourth-order valence-corrected chi connectivity index (χ4v) is 1.45. The van der Waals surface area contributed by atoms with Gasteiger partial charge in [0, 0.05) is 12.6 Å². The molecule has 0 aliphatic carbocycles. The first-order chi connectivity index (χ1) is 7.67. The first kappa shape index (κ1) is 12.8. The van der Waals surface area contributed by atoms with Crippen molar-refractivity contribution in [3.05, 3.63) is 23.8 Å². The summed E-state index contributed by atoms with van der Waals surface area (Å²) < 4.78 is 5.26. The highest BCUT2D eigenvalue weighted by molar-refractivity contribution is 5.42. The summed E-state index contributed by atoms with van der Waals surface area (Å²) in [6.45, 7) is 2.68. The van der Waals surface area contributed by atoms with E-state index in [1.54, 1.807) is 18.2 Å². The third kappa shape index (κ3) is 3.69. The number of ether oxygens (including phenoxy) is 1. The summed E-state index contributed by atoms with van der Waals surface area (Å²) in [5, 5.41) is 18.0. The van der Waals surface area contributed by atoms with Gasteiger partial charge in [-0.2, -0.15) is 0 Å². The summed E-state index contributed by atoms with van der Waals surface area (Å²) in [4.78, 5) is 0. The van der Waals surface area contributed by atoms with Crippen molar-refractivity contribution in [2.75, 3.05) is 13.2 Å². The molecule has 1 aromatic rings. The highest BCUT2D eigenvalue weighted by Gasteiger charge is 2.07. The van der Waals surface area contributed by atoms with E-state index in [-0.39, 0.29) is 11.8 Å². The standard InChI is InChI=1S/C11H18N2O3/c1-2-16-11-6-8(3-4-10(11)14)5-9(12)7-13-15/h3-4,6,9,13-15H,2,5,7,12H2,1H3. The average Bonchev–Trinajstić information content (AvgIpc) is 2.24. The predicted molar refractivity (Wildman–Crippen MR) is 60.7 cm³/mol. The molecule has 0 aromatic heterocycles. The molecular weight excluding hydrogens is 208 g/mol. The average molecular weight is 226 g/mol. The lowest BCUT2D eigenvalue weighted by Crippen LogP contribution is -2.34. The number of phenolic OH excluding ortho intramolecular Hbond substituents is 1. The number of hydroxylamine groups is 1. The number of nitrogens with one attached hydrogen (secondary N) is 1. The van der Waals surface area contributed by atoms with Crippen LogP contribution in [0, 0.1) is 0 Å². The molecule has 1 unspecified atom stereocenters. The molecule has 16 heavy (non-hydrogen) atoms. The molecule has 1 rings (SSSR count). The largest absolute Gasteiger partial charge is 0.504 e. The number of nitrogens with two attached hydrogens (primary N) is 1. The Morgan fingerprint density at radius 1 is 1.50 bits per heavy atom. The zero-order valence-electron chi connectivity index (χ0n) is 9.31. The lowest BCUT2D eigenvalue weighted by Gasteiger charge is -2.12. The molecule has 90 valence electrons. The highest BCUT2D eigenvalue weighted by Crippen LogP contribution is 2.27. The van der Waals surface area contributed by atoms with Crippen molar-refractivity contribution >= 4 is 0 Å². The zero-order valence-corrected chi connectivity index (χ0v) is 9.31. The minimum absolute atomic E-state index is 0.124. The van der Waals surface area contributed by atoms with Crippen molar-refractivity contribution in [1.29, 1.82) is 0 Å². The minimum atomic E-state index is -0.177. The minimum Gasteiger partial charge on any atom is -0.504 e. The predicted octanol–water partition coefficient (Wildman–Crippen LogP) is 0.639. The van der Waals surface area contributed by atoms with E-state index in [2.05, 4.69) is 0 Å². The maximum atomic E-state index is 9.49. The summed E-state index contributed by atoms with van der Waals surface area (Å²) >= 11 is 0. The first-order valence-corrected chi connectivity index (χ1v) is 5.24. The molecule has 0 saturated heterocycles. The third-order valence-electron chi connectivity index (χ3n) is 2.18. The molecule has 0 spiro atoms. The van der Waals surface area contributed by atoms with Crippen LogP contribution >= 0.6 is 0 Å². The van der Waals surface area contributed by atoms with Crippen LogP contribution in [0.5, 0.6) is 11.5 Å². The molecule has 0 fully saturated rings. The second-order valence-electron chi connectivity index (χ2n) is 3.56. The monoisotopic (exact) mass is 226 g/mol. The van der Waals surface area contributed by atoms with Crippen LogP contribution < -0.4 is 16.0 Å². The van der Waals surface area contributed by atoms with Crippen LogP contribution in [0.4, 0.5) is 0 Å². The normalized spacial score (nSPS) is 12.4. The number of aromatic hydroxyl groups is 1. The Hall–Kier alpha value is -1.30. The molecule has 0 bridgehead atoms. The van der Waals surface area contributed by atoms with Gasteiger partial charge in [0.05, 0.1) is 6.61 Å². The van der Waals surface area contributed by atoms with E-state index in [1.165, 1.54) is 0 Å². The van der Waals surface area contributed by atoms with Crippen molar-refractivity contribution in [3.63, 3.8) is 0 Å². The molecule has 5 nitrogen and oxygen atoms in total. The van der Waals surface area contributed by atoms with E-state index in [4.69, 9.17) is 15.7 Å². The van der Waals surface area contributed by atoms with Crippen molar-refractivity contribution in [1.82, 2.24) is 5.48 Å². The van der Waals surface area contributed by atoms with Crippen LogP contribution in [0.15, 0.2) is 18.2 Å². The van der Waals surface area contributed by atoms with E-state index in [0.717, 1.165) is 5.56 Å². The zero-order chi connectivity index (χ0) is 12.0. The summed E-state index contributed by atoms with van der Waals surface area (Å²) in [5.41, 5.74) is 8.75. The fraction of sp³-hybridized carbons (Fsp3) is 0.455. The Balaban J connectivity index is 2.70. The van der Waals surface area contributed by atoms with Crippen LogP contribution in [0.25, 0.3) is 0 Å². The molecule has 0 amide bonds. The molecule has 0 aliphatic rings. The second-order valence-corrected chi connectivity index (χ2v) is 3.56. The van der Waals surface area contributed by atoms with Gasteiger partial charge in [-0.3, -0.25) is 0 Å². The van der Waals surface area contributed by atoms with E-state index < -0.39 is 0 Å². The summed E-state index contributed by atoms with van der Waals surface area (Å²) in [6, 6.07) is 4.95. The van der Waals surface area contributed by atoms with E-state index in [0.29, 0.717) is 25.3 Å². The van der Waals surface area contributed by atoms with Crippen LogP contribution in [0.2, 0.25) is 0 Å². The topological polar surface area (TPSA) is 87.7 Å². The van der Waals surface area contributed by atoms with Crippen molar-refractivity contribution < 1.29 is 15.1 Å². The molecule has 0 saturated carbocycles. The summed E-state index contributed by atoms with van der Waals surface area (Å²) in [7, 11) is 0. The molecule has 0 heterocycles. The maximum absolute atomic E-state index is 9.49. The van der Waals surface area contributed by atoms with Gasteiger partial charge < -0.3 is 20.8 Å². The van der Waals surface area contributed by atoms with Crippen LogP contribution in [0.1, 0.15) is 12.5 Å². The Kier molecular flexibility index (Phi) is 5.04. The molecule has 1 atom stereocenters. The van der Waals surface area contributed by atoms with Gasteiger partial charge in [-0.15, -0.1) is 0 Å². The van der Waals surface area contributed by atoms with E-state index in [9.17, 15) is 5.11 Å². The summed E-state index contributed by atoms with van der Waals surface area (Å²) in [5.74, 6) is 0.587. The second kappa shape index (κ2) is 6.32. The van der Waals surface area contributed by atoms with Crippen LogP contribution in [0.3, 0.4) is 0 Å². The van der Waals surface area contributed by atoms with Crippen molar-refractivity contribution in [2.24, 2.45) is 5.73 Å². The molecule has 5 heteroatoms. The van der Waals surface area contributed by atoms with Gasteiger partial charge in [0.15, 0.2) is 11.5 Å². The lowest BCUT2D eigenvalue weighted by molar-refractivity contribution is 0.160. The molecule has 0 radical (unpaired) electrons. The number of rotatable bonds is 6. The highest BCUT2D eigenvalue weighted by atomic mass is 16.5. The van der Waals surface area contributed by atoms with Gasteiger partial charge in [0.2, 0.25) is 0 Å². The van der Waals surface area contributed by atoms with Crippen LogP contribution in [-0.2, 0) is 6.42 Å². The smallest absolute Gasteiger partial charge is 0.161 e. The van der Waals surface area contributed by atoms with Gasteiger partial charge in [-0.05, 0) is 31.0 Å². The third-order valence-corrected chi connectivity index (χ3v) is 2.18. The van der Waals surface area contributed by atoms with Gasteiger partial charge in [0.1, 0.15) is 0 Å². The number of hydrogen-bond donors (Lipinski definition) is 4. The van der Waals surface area contributed by atoms with Gasteiger partial charge in [-0.25, -0.2) is 5.48 Å². The Morgan fingerprint density at radius 3 is 2.88 bits per heavy atom. The number of benzene rings is 1. The maximum Gasteiger partial charge on any atom is 0.161 e. The summed E-state index contributed by atoms with van der Waals surface area (Å²) in [6.07, 6.45) is 0.605. The molecule has 5 N–H and O–H groups in total. The Bertz CT molecular complexity index is 331. The van der Waals surface area contributed by atoms with Crippen LogP contribution in [-0.4, -0.2) is 29.5 Å². The van der Waals surface area contributed by atoms with Gasteiger partial charge in [-0.1, -0.05) is 6.07 Å². The van der Waals surface area contributed by atoms with Crippen molar-refractivity contribution in [3.8, 4) is 11.5 Å². The van der Waals surface area contributed by atoms with Gasteiger partial charge in [0.25, 0.3) is 0 Å². The van der Waals surface area contributed by atoms with E-state index in [1.807, 2.05) is 12.4 Å². The number of hydrogen-bond acceptors (Lipinski definition) is 5. The molecule has 0 aliphatic heterocycles. The SMILES string of the molecule is CCOc1cc(CC(N)CNO)ccc1O. The Morgan fingerprint density at radius 2 is 2.25 bits per heavy atom. The van der Waals surface area contributed by atoms with E-state index >= 15 is 0 Å². The van der Waals surface area contributed by atoms with Gasteiger partial charge >= 0.3 is 0 Å². The molecule has 1 aromatic carbocycles. The lowest BCUT2D eigenvalue weighted by atomic mass is 10.1. The number of phenols is 1. The fourth-order valence-electron chi connectivity index (χ4n) is 1.45. The molecular formula is C11H18N2O3.